The first-order chi connectivity index (χ1) is 9.10. The fourth-order valence-corrected chi connectivity index (χ4v) is 2.93. The number of anilines is 1. The molecule has 0 spiro atoms. The maximum atomic E-state index is 12.9. The first kappa shape index (κ1) is 14.5. The molecule has 2 aromatic rings. The Hall–Kier alpha value is -0.940. The molecule has 1 aromatic carbocycles. The third-order valence-electron chi connectivity index (χ3n) is 2.78. The predicted octanol–water partition coefficient (Wildman–Crippen LogP) is 5.31. The number of aromatic nitrogens is 1. The highest BCUT2D eigenvalue weighted by molar-refractivity contribution is 9.11. The topological polar surface area (TPSA) is 24.9 Å². The summed E-state index contributed by atoms with van der Waals surface area (Å²) >= 11 is 6.94. The van der Waals surface area contributed by atoms with E-state index in [0.717, 1.165) is 26.7 Å². The number of nitrogens with zero attached hydrogens (tertiary/aromatic N) is 1. The molecule has 0 bridgehead atoms. The third kappa shape index (κ3) is 3.76. The molecule has 1 N–H and O–H groups in total. The quantitative estimate of drug-likeness (QED) is 0.768. The highest BCUT2D eigenvalue weighted by Gasteiger charge is 2.12. The van der Waals surface area contributed by atoms with E-state index in [-0.39, 0.29) is 11.9 Å². The third-order valence-corrected chi connectivity index (χ3v) is 3.93. The Balaban J connectivity index is 2.21. The minimum Gasteiger partial charge on any atom is -0.376 e. The summed E-state index contributed by atoms with van der Waals surface area (Å²) in [7, 11) is 0. The molecular formula is C14H13Br2FN2. The van der Waals surface area contributed by atoms with Crippen LogP contribution in [0, 0.1) is 5.82 Å². The van der Waals surface area contributed by atoms with Gasteiger partial charge in [-0.25, -0.2) is 4.39 Å². The molecule has 1 atom stereocenters. The zero-order valence-electron chi connectivity index (χ0n) is 10.3. The minimum atomic E-state index is -0.316. The summed E-state index contributed by atoms with van der Waals surface area (Å²) in [6, 6.07) is 9.14. The molecule has 1 heterocycles. The van der Waals surface area contributed by atoms with Gasteiger partial charge in [-0.3, -0.25) is 4.98 Å². The molecule has 0 aliphatic heterocycles. The van der Waals surface area contributed by atoms with Crippen LogP contribution in [-0.4, -0.2) is 4.98 Å². The van der Waals surface area contributed by atoms with Crippen molar-refractivity contribution < 1.29 is 4.39 Å². The lowest BCUT2D eigenvalue weighted by Crippen LogP contribution is -2.11. The summed E-state index contributed by atoms with van der Waals surface area (Å²) in [5, 5.41) is 3.41. The first-order valence-corrected chi connectivity index (χ1v) is 7.51. The standard InChI is InChI=1S/C14H13Br2FN2/c1-2-12(14-6-4-10(17)8-18-14)19-13-5-3-9(15)7-11(13)16/h3-8,12,19H,2H2,1H3. The van der Waals surface area contributed by atoms with Crippen LogP contribution < -0.4 is 5.32 Å². The van der Waals surface area contributed by atoms with Crippen LogP contribution in [0.2, 0.25) is 0 Å². The van der Waals surface area contributed by atoms with E-state index in [0.29, 0.717) is 0 Å². The van der Waals surface area contributed by atoms with E-state index in [4.69, 9.17) is 0 Å². The van der Waals surface area contributed by atoms with Gasteiger partial charge in [0.15, 0.2) is 0 Å². The van der Waals surface area contributed by atoms with Crippen molar-refractivity contribution in [2.24, 2.45) is 0 Å². The SMILES string of the molecule is CCC(Nc1ccc(Br)cc1Br)c1ccc(F)cn1. The summed E-state index contributed by atoms with van der Waals surface area (Å²) in [5.74, 6) is -0.316. The van der Waals surface area contributed by atoms with Crippen LogP contribution in [0.5, 0.6) is 0 Å². The molecule has 0 aliphatic rings. The highest BCUT2D eigenvalue weighted by atomic mass is 79.9. The van der Waals surface area contributed by atoms with E-state index < -0.39 is 0 Å². The Morgan fingerprint density at radius 3 is 2.63 bits per heavy atom. The average molecular weight is 388 g/mol. The second kappa shape index (κ2) is 6.48. The number of halogens is 3. The van der Waals surface area contributed by atoms with E-state index in [2.05, 4.69) is 49.1 Å². The molecule has 0 radical (unpaired) electrons. The van der Waals surface area contributed by atoms with E-state index in [1.54, 1.807) is 6.07 Å². The molecule has 0 amide bonds. The second-order valence-corrected chi connectivity index (χ2v) is 5.90. The van der Waals surface area contributed by atoms with E-state index in [9.17, 15) is 4.39 Å². The van der Waals surface area contributed by atoms with Gasteiger partial charge in [-0.15, -0.1) is 0 Å². The van der Waals surface area contributed by atoms with Gasteiger partial charge in [0.2, 0.25) is 0 Å². The predicted molar refractivity (Wildman–Crippen MR) is 82.7 cm³/mol. The lowest BCUT2D eigenvalue weighted by molar-refractivity contribution is 0.614. The molecule has 1 aromatic heterocycles. The monoisotopic (exact) mass is 386 g/mol. The van der Waals surface area contributed by atoms with Crippen LogP contribution in [0.1, 0.15) is 25.1 Å². The minimum absolute atomic E-state index is 0.0538. The van der Waals surface area contributed by atoms with Crippen LogP contribution in [0.3, 0.4) is 0 Å². The zero-order valence-corrected chi connectivity index (χ0v) is 13.5. The van der Waals surface area contributed by atoms with Crippen molar-refractivity contribution in [3.63, 3.8) is 0 Å². The van der Waals surface area contributed by atoms with Gasteiger partial charge in [-0.1, -0.05) is 22.9 Å². The van der Waals surface area contributed by atoms with Crippen LogP contribution >= 0.6 is 31.9 Å². The Morgan fingerprint density at radius 1 is 1.26 bits per heavy atom. The van der Waals surface area contributed by atoms with Gasteiger partial charge in [0.1, 0.15) is 5.82 Å². The van der Waals surface area contributed by atoms with Crippen LogP contribution in [0.25, 0.3) is 0 Å². The van der Waals surface area contributed by atoms with Crippen molar-refractivity contribution in [1.29, 1.82) is 0 Å². The van der Waals surface area contributed by atoms with Gasteiger partial charge >= 0.3 is 0 Å². The van der Waals surface area contributed by atoms with Crippen LogP contribution in [0.15, 0.2) is 45.5 Å². The number of benzene rings is 1. The van der Waals surface area contributed by atoms with Crippen molar-refractivity contribution in [1.82, 2.24) is 4.98 Å². The number of pyridine rings is 1. The maximum absolute atomic E-state index is 12.9. The fourth-order valence-electron chi connectivity index (χ4n) is 1.77. The zero-order chi connectivity index (χ0) is 13.8. The van der Waals surface area contributed by atoms with Crippen molar-refractivity contribution in [3.8, 4) is 0 Å². The van der Waals surface area contributed by atoms with E-state index in [1.165, 1.54) is 12.3 Å². The van der Waals surface area contributed by atoms with Gasteiger partial charge in [-0.05, 0) is 52.7 Å². The normalized spacial score (nSPS) is 12.2. The van der Waals surface area contributed by atoms with Gasteiger partial charge in [0.25, 0.3) is 0 Å². The van der Waals surface area contributed by atoms with Crippen molar-refractivity contribution >= 4 is 37.5 Å². The van der Waals surface area contributed by atoms with E-state index >= 15 is 0 Å². The summed E-state index contributed by atoms with van der Waals surface area (Å²) in [6.07, 6.45) is 2.11. The highest BCUT2D eigenvalue weighted by Crippen LogP contribution is 2.30. The lowest BCUT2D eigenvalue weighted by atomic mass is 10.1. The molecule has 0 aliphatic carbocycles. The summed E-state index contributed by atoms with van der Waals surface area (Å²) in [6.45, 7) is 2.06. The molecule has 100 valence electrons. The van der Waals surface area contributed by atoms with E-state index in [1.807, 2.05) is 18.2 Å². The number of hydrogen-bond donors (Lipinski definition) is 1. The van der Waals surface area contributed by atoms with Crippen molar-refractivity contribution in [2.75, 3.05) is 5.32 Å². The first-order valence-electron chi connectivity index (χ1n) is 5.93. The molecule has 0 saturated heterocycles. The molecule has 2 rings (SSSR count). The second-order valence-electron chi connectivity index (χ2n) is 4.13. The molecule has 2 nitrogen and oxygen atoms in total. The summed E-state index contributed by atoms with van der Waals surface area (Å²) in [4.78, 5) is 4.13. The Bertz CT molecular complexity index is 558. The van der Waals surface area contributed by atoms with Gasteiger partial charge in [-0.2, -0.15) is 0 Å². The summed E-state index contributed by atoms with van der Waals surface area (Å²) in [5.41, 5.74) is 1.82. The lowest BCUT2D eigenvalue weighted by Gasteiger charge is -2.19. The molecule has 1 unspecified atom stereocenters. The molecule has 0 saturated carbocycles. The van der Waals surface area contributed by atoms with Crippen LogP contribution in [0.4, 0.5) is 10.1 Å². The van der Waals surface area contributed by atoms with Crippen molar-refractivity contribution in [3.05, 3.63) is 57.0 Å². The molecule has 5 heteroatoms. The summed E-state index contributed by atoms with van der Waals surface area (Å²) < 4.78 is 14.9. The van der Waals surface area contributed by atoms with Crippen molar-refractivity contribution in [2.45, 2.75) is 19.4 Å². The van der Waals surface area contributed by atoms with Crippen LogP contribution in [-0.2, 0) is 0 Å². The fraction of sp³-hybridized carbons (Fsp3) is 0.214. The molecule has 19 heavy (non-hydrogen) atoms. The maximum Gasteiger partial charge on any atom is 0.141 e. The number of nitrogens with one attached hydrogen (secondary N) is 1. The molecular weight excluding hydrogens is 375 g/mol. The number of hydrogen-bond acceptors (Lipinski definition) is 2. The van der Waals surface area contributed by atoms with Gasteiger partial charge in [0, 0.05) is 14.6 Å². The van der Waals surface area contributed by atoms with Gasteiger partial charge in [0.05, 0.1) is 17.9 Å². The smallest absolute Gasteiger partial charge is 0.141 e. The Kier molecular flexibility index (Phi) is 4.93. The Morgan fingerprint density at radius 2 is 2.05 bits per heavy atom. The average Bonchev–Trinajstić information content (AvgIpc) is 2.39. The van der Waals surface area contributed by atoms with Gasteiger partial charge < -0.3 is 5.32 Å². The largest absolute Gasteiger partial charge is 0.376 e. The number of rotatable bonds is 4. The Labute approximate surface area is 128 Å². The molecule has 0 fully saturated rings.